The van der Waals surface area contributed by atoms with Crippen molar-refractivity contribution in [2.75, 3.05) is 0 Å². The van der Waals surface area contributed by atoms with Gasteiger partial charge in [-0.05, 0) is 109 Å². The largest absolute Gasteiger partial charge is 0.456 e. The highest BCUT2D eigenvalue weighted by molar-refractivity contribution is 6.27. The van der Waals surface area contributed by atoms with Crippen molar-refractivity contribution in [3.63, 3.8) is 0 Å². The first-order valence-electron chi connectivity index (χ1n) is 23.2. The zero-order valence-corrected chi connectivity index (χ0v) is 36.7. The minimum atomic E-state index is 0.0279. The van der Waals surface area contributed by atoms with Crippen LogP contribution in [0.5, 0.6) is 0 Å². The molecule has 11 aromatic carbocycles. The van der Waals surface area contributed by atoms with Crippen molar-refractivity contribution in [3.8, 4) is 5.69 Å². The Labute approximate surface area is 386 Å². The minimum Gasteiger partial charge on any atom is -0.456 e. The Morgan fingerprint density at radius 1 is 0.433 bits per heavy atom. The van der Waals surface area contributed by atoms with E-state index < -0.39 is 0 Å². The summed E-state index contributed by atoms with van der Waals surface area (Å²) in [4.78, 5) is 11.8. The molecule has 0 amide bonds. The highest BCUT2D eigenvalue weighted by Gasteiger charge is 2.27. The summed E-state index contributed by atoms with van der Waals surface area (Å²) in [5.74, 6) is 0.705. The number of furan rings is 1. The zero-order chi connectivity index (χ0) is 44.2. The summed E-state index contributed by atoms with van der Waals surface area (Å²) in [6, 6.07) is 74.5. The lowest BCUT2D eigenvalue weighted by Crippen LogP contribution is -2.18. The van der Waals surface area contributed by atoms with E-state index in [9.17, 15) is 0 Å². The van der Waals surface area contributed by atoms with Crippen LogP contribution in [0.25, 0.3) is 109 Å². The van der Waals surface area contributed by atoms with Crippen LogP contribution in [0.2, 0.25) is 0 Å². The van der Waals surface area contributed by atoms with Gasteiger partial charge in [0, 0.05) is 44.2 Å². The van der Waals surface area contributed by atoms with Crippen molar-refractivity contribution < 1.29 is 4.42 Å². The van der Waals surface area contributed by atoms with E-state index in [1.807, 2.05) is 6.07 Å². The van der Waals surface area contributed by atoms with E-state index >= 15 is 0 Å². The maximum Gasteiger partial charge on any atom is 0.160 e. The van der Waals surface area contributed by atoms with Crippen molar-refractivity contribution in [2.24, 2.45) is 15.9 Å². The summed E-state index contributed by atoms with van der Waals surface area (Å²) in [5, 5.41) is 16.4. The molecule has 4 nitrogen and oxygen atoms in total. The van der Waals surface area contributed by atoms with E-state index in [-0.39, 0.29) is 5.92 Å². The van der Waals surface area contributed by atoms with Crippen LogP contribution in [0.3, 0.4) is 0 Å². The number of para-hydroxylation sites is 2. The third kappa shape index (κ3) is 5.79. The fraction of sp³-hybridized carbons (Fsp3) is 0.0476. The number of hydrogen-bond donors (Lipinski definition) is 0. The van der Waals surface area contributed by atoms with Crippen LogP contribution < -0.4 is 0 Å². The molecule has 0 N–H and O–H groups in total. The summed E-state index contributed by atoms with van der Waals surface area (Å²) < 4.78 is 9.17. The summed E-state index contributed by atoms with van der Waals surface area (Å²) in [7, 11) is 0. The Kier molecular flexibility index (Phi) is 8.29. The summed E-state index contributed by atoms with van der Waals surface area (Å²) >= 11 is 0. The molecule has 14 rings (SSSR count). The van der Waals surface area contributed by atoms with Crippen molar-refractivity contribution in [1.29, 1.82) is 0 Å². The first-order valence-corrected chi connectivity index (χ1v) is 23.2. The molecule has 1 aliphatic rings. The van der Waals surface area contributed by atoms with Crippen LogP contribution in [-0.2, 0) is 0 Å². The van der Waals surface area contributed by atoms with Crippen LogP contribution in [0, 0.1) is 5.92 Å². The first-order chi connectivity index (χ1) is 33.1. The molecular formula is C63H41N3O. The number of rotatable bonds is 4. The summed E-state index contributed by atoms with van der Waals surface area (Å²) in [6.45, 7) is 2.32. The maximum atomic E-state index is 6.72. The predicted molar refractivity (Wildman–Crippen MR) is 283 cm³/mol. The van der Waals surface area contributed by atoms with E-state index in [0.717, 1.165) is 77.5 Å². The Hall–Kier alpha value is -8.60. The molecule has 4 heteroatoms. The topological polar surface area (TPSA) is 42.8 Å². The summed E-state index contributed by atoms with van der Waals surface area (Å²) in [6.07, 6.45) is 3.09. The third-order valence-electron chi connectivity index (χ3n) is 14.2. The van der Waals surface area contributed by atoms with Gasteiger partial charge in [-0.2, -0.15) is 0 Å². The normalized spacial score (nSPS) is 17.0. The van der Waals surface area contributed by atoms with Gasteiger partial charge in [-0.15, -0.1) is 0 Å². The minimum absolute atomic E-state index is 0.0279. The number of nitrogens with zero attached hydrogens (tertiary/aromatic N) is 3. The number of fused-ring (bicyclic) bond motifs is 13. The summed E-state index contributed by atoms with van der Waals surface area (Å²) in [5.41, 5.74) is 10.0. The molecule has 0 saturated carbocycles. The highest BCUT2D eigenvalue weighted by atomic mass is 16.3. The van der Waals surface area contributed by atoms with Crippen molar-refractivity contribution >= 4 is 115 Å². The molecule has 1 aliphatic heterocycles. The quantitative estimate of drug-likeness (QED) is 0.163. The van der Waals surface area contributed by atoms with E-state index in [0.29, 0.717) is 12.3 Å². The van der Waals surface area contributed by atoms with Gasteiger partial charge < -0.3 is 8.98 Å². The lowest BCUT2D eigenvalue weighted by atomic mass is 9.88. The molecule has 3 heterocycles. The van der Waals surface area contributed by atoms with Crippen LogP contribution in [0.15, 0.2) is 227 Å². The Morgan fingerprint density at radius 3 is 1.70 bits per heavy atom. The van der Waals surface area contributed by atoms with Gasteiger partial charge >= 0.3 is 0 Å². The smallest absolute Gasteiger partial charge is 0.160 e. The zero-order valence-electron chi connectivity index (χ0n) is 36.7. The van der Waals surface area contributed by atoms with Crippen LogP contribution in [-0.4, -0.2) is 16.1 Å². The van der Waals surface area contributed by atoms with Crippen LogP contribution in [0.1, 0.15) is 30.0 Å². The molecule has 67 heavy (non-hydrogen) atoms. The molecule has 0 saturated heterocycles. The fourth-order valence-electron chi connectivity index (χ4n) is 11.1. The standard InChI is InChI=1S/C63H41N3O/c1-38-30-31-54(61-56(32-33-59-60(61)50-27-13-15-29-58(50)67-59)66-55-28-14-12-26-49(55)51-34-39-16-2-3-17-40(39)37-57(51)66)64-63(53-36-42-19-5-7-21-44(42)46-23-9-11-25-48(46)53)65-62(38)52-35-41-18-4-6-20-43(41)45-22-8-10-24-47(45)52/h2-29,31-38H,30H2,1H3/b54-31+,64-63-,65-62+. The molecule has 0 spiro atoms. The van der Waals surface area contributed by atoms with E-state index in [1.165, 1.54) is 53.9 Å². The molecule has 0 radical (unpaired) electrons. The van der Waals surface area contributed by atoms with Crippen molar-refractivity contribution in [3.05, 3.63) is 229 Å². The van der Waals surface area contributed by atoms with Gasteiger partial charge in [-0.3, -0.25) is 0 Å². The van der Waals surface area contributed by atoms with Crippen molar-refractivity contribution in [2.45, 2.75) is 13.3 Å². The van der Waals surface area contributed by atoms with Gasteiger partial charge in [-0.1, -0.05) is 171 Å². The van der Waals surface area contributed by atoms with Gasteiger partial charge in [0.15, 0.2) is 5.84 Å². The van der Waals surface area contributed by atoms with E-state index in [1.54, 1.807) is 0 Å². The molecule has 0 fully saturated rings. The number of amidine groups is 1. The number of allylic oxidation sites excluding steroid dienone is 1. The molecule has 1 unspecified atom stereocenters. The van der Waals surface area contributed by atoms with Gasteiger partial charge in [0.1, 0.15) is 11.2 Å². The Bertz CT molecular complexity index is 4330. The van der Waals surface area contributed by atoms with Crippen LogP contribution >= 0.6 is 0 Å². The molecule has 13 aromatic rings. The Morgan fingerprint density at radius 2 is 0.985 bits per heavy atom. The molecule has 314 valence electrons. The van der Waals surface area contributed by atoms with Gasteiger partial charge in [-0.25, -0.2) is 9.98 Å². The van der Waals surface area contributed by atoms with Crippen LogP contribution in [0.4, 0.5) is 0 Å². The SMILES string of the molecule is CC1C/C=C(c2c(-n3c4ccccc4c4cc5ccccc5cc43)ccc3oc4ccccc4c23)/N=C(c2cc3ccccc3c3ccccc23)\N=C/1c1cc2ccccc2c2ccccc12. The number of hydrogen-bond acceptors (Lipinski definition) is 3. The lowest BCUT2D eigenvalue weighted by molar-refractivity contribution is 0.669. The molecule has 1 atom stereocenters. The van der Waals surface area contributed by atoms with E-state index in [2.05, 4.69) is 218 Å². The number of benzene rings is 11. The Balaban J connectivity index is 1.12. The molecule has 0 aliphatic carbocycles. The highest BCUT2D eigenvalue weighted by Crippen LogP contribution is 2.44. The first kappa shape index (κ1) is 37.7. The maximum absolute atomic E-state index is 6.72. The average molecular weight is 856 g/mol. The third-order valence-corrected chi connectivity index (χ3v) is 14.2. The second-order valence-corrected chi connectivity index (χ2v) is 18.0. The second-order valence-electron chi connectivity index (χ2n) is 18.0. The van der Waals surface area contributed by atoms with Crippen molar-refractivity contribution in [1.82, 2.24) is 4.57 Å². The number of aromatic nitrogens is 1. The average Bonchev–Trinajstić information content (AvgIpc) is 3.92. The predicted octanol–water partition coefficient (Wildman–Crippen LogP) is 16.8. The van der Waals surface area contributed by atoms with Gasteiger partial charge in [0.25, 0.3) is 0 Å². The molecular weight excluding hydrogens is 815 g/mol. The van der Waals surface area contributed by atoms with Gasteiger partial charge in [0.05, 0.1) is 28.1 Å². The fourth-order valence-corrected chi connectivity index (χ4v) is 11.1. The monoisotopic (exact) mass is 855 g/mol. The molecule has 0 bridgehead atoms. The lowest BCUT2D eigenvalue weighted by Gasteiger charge is -2.22. The number of aliphatic imine (C=N–C) groups is 2. The molecule has 2 aromatic heterocycles. The van der Waals surface area contributed by atoms with Gasteiger partial charge in [0.2, 0.25) is 0 Å². The second kappa shape index (κ2) is 14.7. The van der Waals surface area contributed by atoms with E-state index in [4.69, 9.17) is 14.4 Å².